The van der Waals surface area contributed by atoms with Crippen molar-refractivity contribution in [3.63, 3.8) is 0 Å². The Balaban J connectivity index is 2.08. The van der Waals surface area contributed by atoms with Gasteiger partial charge >= 0.3 is 0 Å². The Morgan fingerprint density at radius 3 is 2.76 bits per heavy atom. The molecule has 112 valence electrons. The standard InChI is InChI=1S/C14H14Cl2N2O3/c15-11-6-10(7-12(13(11)16)18(20)21)14(19)17-8-9-4-2-1-3-5-9/h1-2,6-7,9H,3-5,8H2,(H,17,19). The van der Waals surface area contributed by atoms with Gasteiger partial charge in [0.05, 0.1) is 9.95 Å². The van der Waals surface area contributed by atoms with E-state index in [0.29, 0.717) is 12.5 Å². The van der Waals surface area contributed by atoms with Crippen LogP contribution in [0.3, 0.4) is 0 Å². The Kier molecular flexibility index (Phi) is 5.20. The minimum atomic E-state index is -0.656. The molecule has 0 aliphatic heterocycles. The molecule has 0 fully saturated rings. The monoisotopic (exact) mass is 328 g/mol. The lowest BCUT2D eigenvalue weighted by Crippen LogP contribution is -2.29. The quantitative estimate of drug-likeness (QED) is 0.516. The van der Waals surface area contributed by atoms with Crippen molar-refractivity contribution in [3.05, 3.63) is 50.0 Å². The van der Waals surface area contributed by atoms with Crippen LogP contribution in [0.15, 0.2) is 24.3 Å². The van der Waals surface area contributed by atoms with Gasteiger partial charge in [0.1, 0.15) is 5.02 Å². The number of halogens is 2. The van der Waals surface area contributed by atoms with E-state index < -0.39 is 4.92 Å². The van der Waals surface area contributed by atoms with Gasteiger partial charge in [0.15, 0.2) is 0 Å². The molecule has 7 heteroatoms. The summed E-state index contributed by atoms with van der Waals surface area (Å²) in [5.74, 6) is 0.0166. The van der Waals surface area contributed by atoms with Gasteiger partial charge in [0.25, 0.3) is 11.6 Å². The third-order valence-corrected chi connectivity index (χ3v) is 4.19. The first-order chi connectivity index (χ1) is 9.99. The van der Waals surface area contributed by atoms with Crippen molar-refractivity contribution in [2.75, 3.05) is 6.54 Å². The van der Waals surface area contributed by atoms with Crippen molar-refractivity contribution in [1.82, 2.24) is 5.32 Å². The number of nitrogens with one attached hydrogen (secondary N) is 1. The van der Waals surface area contributed by atoms with E-state index in [2.05, 4.69) is 17.5 Å². The van der Waals surface area contributed by atoms with Gasteiger partial charge in [-0.25, -0.2) is 0 Å². The first kappa shape index (κ1) is 15.8. The Hall–Kier alpha value is -1.59. The van der Waals surface area contributed by atoms with Gasteiger partial charge in [0, 0.05) is 18.2 Å². The van der Waals surface area contributed by atoms with Crippen LogP contribution in [0.4, 0.5) is 5.69 Å². The smallest absolute Gasteiger partial charge is 0.290 e. The van der Waals surface area contributed by atoms with E-state index in [4.69, 9.17) is 23.2 Å². The summed E-state index contributed by atoms with van der Waals surface area (Å²) in [6, 6.07) is 2.48. The van der Waals surface area contributed by atoms with Crippen LogP contribution in [0.25, 0.3) is 0 Å². The fourth-order valence-corrected chi connectivity index (χ4v) is 2.61. The molecule has 2 rings (SSSR count). The second-order valence-electron chi connectivity index (χ2n) is 4.91. The number of carbonyl (C=O) groups is 1. The van der Waals surface area contributed by atoms with Crippen molar-refractivity contribution < 1.29 is 9.72 Å². The van der Waals surface area contributed by atoms with Gasteiger partial charge in [-0.15, -0.1) is 0 Å². The molecule has 0 bridgehead atoms. The van der Waals surface area contributed by atoms with E-state index in [0.717, 1.165) is 25.3 Å². The number of hydrogen-bond donors (Lipinski definition) is 1. The summed E-state index contributed by atoms with van der Waals surface area (Å²) in [6.07, 6.45) is 7.20. The fourth-order valence-electron chi connectivity index (χ4n) is 2.22. The van der Waals surface area contributed by atoms with Crippen molar-refractivity contribution in [2.45, 2.75) is 19.3 Å². The van der Waals surface area contributed by atoms with Crippen LogP contribution >= 0.6 is 23.2 Å². The topological polar surface area (TPSA) is 72.2 Å². The molecule has 1 N–H and O–H groups in total. The lowest BCUT2D eigenvalue weighted by molar-refractivity contribution is -0.384. The molecule has 21 heavy (non-hydrogen) atoms. The molecule has 1 aliphatic carbocycles. The highest BCUT2D eigenvalue weighted by molar-refractivity contribution is 6.43. The Bertz CT molecular complexity index is 602. The molecule has 1 aromatic rings. The number of hydrogen-bond acceptors (Lipinski definition) is 3. The molecule has 0 aromatic heterocycles. The molecular formula is C14H14Cl2N2O3. The maximum Gasteiger partial charge on any atom is 0.290 e. The zero-order chi connectivity index (χ0) is 15.4. The van der Waals surface area contributed by atoms with E-state index in [1.54, 1.807) is 0 Å². The van der Waals surface area contributed by atoms with Crippen molar-refractivity contribution in [3.8, 4) is 0 Å². The number of nitro groups is 1. The number of rotatable bonds is 4. The molecule has 1 unspecified atom stereocenters. The van der Waals surface area contributed by atoms with Crippen LogP contribution in [0.2, 0.25) is 10.0 Å². The van der Waals surface area contributed by atoms with Gasteiger partial charge in [-0.05, 0) is 31.2 Å². The van der Waals surface area contributed by atoms with Crippen LogP contribution < -0.4 is 5.32 Å². The SMILES string of the molecule is O=C(NCC1CC=CCC1)c1cc(Cl)c(Cl)c([N+](=O)[O-])c1. The molecule has 1 atom stereocenters. The van der Waals surface area contributed by atoms with E-state index in [1.165, 1.54) is 6.07 Å². The van der Waals surface area contributed by atoms with Gasteiger partial charge in [-0.2, -0.15) is 0 Å². The van der Waals surface area contributed by atoms with Gasteiger partial charge < -0.3 is 5.32 Å². The first-order valence-electron chi connectivity index (χ1n) is 6.55. The molecule has 0 heterocycles. The molecule has 0 spiro atoms. The summed E-state index contributed by atoms with van der Waals surface area (Å²) in [7, 11) is 0. The van der Waals surface area contributed by atoms with E-state index in [1.807, 2.05) is 0 Å². The Morgan fingerprint density at radius 2 is 2.14 bits per heavy atom. The maximum absolute atomic E-state index is 12.1. The van der Waals surface area contributed by atoms with Crippen molar-refractivity contribution in [2.24, 2.45) is 5.92 Å². The Labute approximate surface area is 132 Å². The third-order valence-electron chi connectivity index (χ3n) is 3.40. The second-order valence-corrected chi connectivity index (χ2v) is 5.69. The summed E-state index contributed by atoms with van der Waals surface area (Å²) in [5.41, 5.74) is -0.225. The lowest BCUT2D eigenvalue weighted by atomic mass is 9.94. The number of nitrogens with zero attached hydrogens (tertiary/aromatic N) is 1. The molecule has 0 saturated heterocycles. The minimum Gasteiger partial charge on any atom is -0.352 e. The zero-order valence-corrected chi connectivity index (χ0v) is 12.7. The van der Waals surface area contributed by atoms with Crippen molar-refractivity contribution >= 4 is 34.8 Å². The van der Waals surface area contributed by atoms with Gasteiger partial charge in [-0.1, -0.05) is 35.4 Å². The summed E-state index contributed by atoms with van der Waals surface area (Å²) in [4.78, 5) is 22.3. The van der Waals surface area contributed by atoms with Crippen LogP contribution in [-0.4, -0.2) is 17.4 Å². The van der Waals surface area contributed by atoms with E-state index >= 15 is 0 Å². The summed E-state index contributed by atoms with van der Waals surface area (Å²) < 4.78 is 0. The summed E-state index contributed by atoms with van der Waals surface area (Å²) in [6.45, 7) is 0.539. The highest BCUT2D eigenvalue weighted by Crippen LogP contribution is 2.33. The average Bonchev–Trinajstić information content (AvgIpc) is 2.48. The van der Waals surface area contributed by atoms with E-state index in [9.17, 15) is 14.9 Å². The van der Waals surface area contributed by atoms with Crippen LogP contribution in [-0.2, 0) is 0 Å². The molecular weight excluding hydrogens is 315 g/mol. The predicted molar refractivity (Wildman–Crippen MR) is 81.9 cm³/mol. The highest BCUT2D eigenvalue weighted by atomic mass is 35.5. The average molecular weight is 329 g/mol. The van der Waals surface area contributed by atoms with Crippen molar-refractivity contribution in [1.29, 1.82) is 0 Å². The predicted octanol–water partition coefficient (Wildman–Crippen LogP) is 3.99. The third kappa shape index (κ3) is 3.95. The highest BCUT2D eigenvalue weighted by Gasteiger charge is 2.20. The Morgan fingerprint density at radius 1 is 1.38 bits per heavy atom. The van der Waals surface area contributed by atoms with Crippen LogP contribution in [0.5, 0.6) is 0 Å². The molecule has 1 aliphatic rings. The number of benzene rings is 1. The molecule has 0 radical (unpaired) electrons. The number of nitro benzene ring substituents is 1. The summed E-state index contributed by atoms with van der Waals surface area (Å²) >= 11 is 11.6. The summed E-state index contributed by atoms with van der Waals surface area (Å²) in [5, 5.41) is 13.5. The van der Waals surface area contributed by atoms with E-state index in [-0.39, 0.29) is 27.2 Å². The van der Waals surface area contributed by atoms with Crippen LogP contribution in [0, 0.1) is 16.0 Å². The molecule has 5 nitrogen and oxygen atoms in total. The number of allylic oxidation sites excluding steroid dienone is 2. The number of amides is 1. The van der Waals surface area contributed by atoms with Gasteiger partial charge in [0.2, 0.25) is 0 Å². The fraction of sp³-hybridized carbons (Fsp3) is 0.357. The molecule has 1 amide bonds. The zero-order valence-electron chi connectivity index (χ0n) is 11.1. The first-order valence-corrected chi connectivity index (χ1v) is 7.31. The van der Waals surface area contributed by atoms with Crippen LogP contribution in [0.1, 0.15) is 29.6 Å². The largest absolute Gasteiger partial charge is 0.352 e. The molecule has 1 aromatic carbocycles. The van der Waals surface area contributed by atoms with Gasteiger partial charge in [-0.3, -0.25) is 14.9 Å². The normalized spacial score (nSPS) is 17.5. The maximum atomic E-state index is 12.1. The number of carbonyl (C=O) groups excluding carboxylic acids is 1. The lowest BCUT2D eigenvalue weighted by Gasteiger charge is -2.18. The minimum absolute atomic E-state index is 0.00313. The second kappa shape index (κ2) is 6.91. The molecule has 0 saturated carbocycles.